The summed E-state index contributed by atoms with van der Waals surface area (Å²) in [7, 11) is 0. The van der Waals surface area contributed by atoms with E-state index < -0.39 is 0 Å². The van der Waals surface area contributed by atoms with Gasteiger partial charge in [-0.25, -0.2) is 5.43 Å². The van der Waals surface area contributed by atoms with E-state index in [-0.39, 0.29) is 12.5 Å². The Morgan fingerprint density at radius 3 is 2.35 bits per heavy atom. The van der Waals surface area contributed by atoms with Crippen LogP contribution in [0.5, 0.6) is 11.5 Å². The number of anilines is 1. The summed E-state index contributed by atoms with van der Waals surface area (Å²) in [6.45, 7) is 0.151. The van der Waals surface area contributed by atoms with E-state index in [1.165, 1.54) is 0 Å². The first-order valence-corrected chi connectivity index (χ1v) is 8.23. The van der Waals surface area contributed by atoms with Gasteiger partial charge in [-0.2, -0.15) is 5.10 Å². The number of nitrogens with zero attached hydrogens (tertiary/aromatic N) is 1. The van der Waals surface area contributed by atoms with Crippen molar-refractivity contribution in [3.05, 3.63) is 90.5 Å². The Morgan fingerprint density at radius 1 is 0.885 bits per heavy atom. The lowest BCUT2D eigenvalue weighted by Crippen LogP contribution is -2.25. The van der Waals surface area contributed by atoms with Crippen LogP contribution in [-0.4, -0.2) is 18.7 Å². The van der Waals surface area contributed by atoms with E-state index in [4.69, 9.17) is 4.74 Å². The van der Waals surface area contributed by atoms with Crippen LogP contribution in [0, 0.1) is 0 Å². The van der Waals surface area contributed by atoms with Gasteiger partial charge in [0.15, 0.2) is 0 Å². The highest BCUT2D eigenvalue weighted by atomic mass is 16.5. The summed E-state index contributed by atoms with van der Waals surface area (Å²) >= 11 is 0. The quantitative estimate of drug-likeness (QED) is 0.502. The summed E-state index contributed by atoms with van der Waals surface area (Å²) in [5, 5.41) is 7.01. The molecule has 3 rings (SSSR count). The maximum absolute atomic E-state index is 11.8. The minimum absolute atomic E-state index is 0.151. The van der Waals surface area contributed by atoms with E-state index in [0.29, 0.717) is 5.75 Å². The Hall–Kier alpha value is -3.60. The van der Waals surface area contributed by atoms with Crippen molar-refractivity contribution >= 4 is 17.8 Å². The molecule has 0 radical (unpaired) electrons. The van der Waals surface area contributed by atoms with Crippen LogP contribution in [0.4, 0.5) is 5.69 Å². The number of rotatable bonds is 7. The lowest BCUT2D eigenvalue weighted by molar-refractivity contribution is -0.119. The number of hydrogen-bond donors (Lipinski definition) is 2. The number of nitrogens with one attached hydrogen (secondary N) is 2. The van der Waals surface area contributed by atoms with Crippen molar-refractivity contribution in [2.45, 2.75) is 0 Å². The van der Waals surface area contributed by atoms with Gasteiger partial charge < -0.3 is 10.1 Å². The minimum atomic E-state index is -0.221. The fraction of sp³-hybridized carbons (Fsp3) is 0.0476. The molecule has 0 unspecified atom stereocenters. The van der Waals surface area contributed by atoms with Crippen molar-refractivity contribution in [2.24, 2.45) is 5.10 Å². The van der Waals surface area contributed by atoms with Crippen molar-refractivity contribution in [1.29, 1.82) is 0 Å². The lowest BCUT2D eigenvalue weighted by atomic mass is 10.2. The number of hydrogen-bond acceptors (Lipinski definition) is 4. The maximum Gasteiger partial charge on any atom is 0.259 e. The van der Waals surface area contributed by atoms with E-state index in [1.54, 1.807) is 6.21 Å². The van der Waals surface area contributed by atoms with Gasteiger partial charge >= 0.3 is 0 Å². The molecule has 0 fully saturated rings. The van der Waals surface area contributed by atoms with Crippen LogP contribution in [0.2, 0.25) is 0 Å². The second-order valence-electron chi connectivity index (χ2n) is 5.50. The molecule has 0 bridgehead atoms. The fourth-order valence-electron chi connectivity index (χ4n) is 2.24. The molecular weight excluding hydrogens is 326 g/mol. The predicted octanol–water partition coefficient (Wildman–Crippen LogP) is 4.04. The summed E-state index contributed by atoms with van der Waals surface area (Å²) in [4.78, 5) is 11.8. The number of ether oxygens (including phenoxy) is 1. The molecule has 5 heteroatoms. The van der Waals surface area contributed by atoms with Gasteiger partial charge in [-0.15, -0.1) is 0 Å². The average Bonchev–Trinajstić information content (AvgIpc) is 2.68. The van der Waals surface area contributed by atoms with Crippen molar-refractivity contribution in [3.63, 3.8) is 0 Å². The van der Waals surface area contributed by atoms with Crippen LogP contribution in [0.1, 0.15) is 5.56 Å². The van der Waals surface area contributed by atoms with E-state index in [1.807, 2.05) is 84.9 Å². The highest BCUT2D eigenvalue weighted by Gasteiger charge is 2.00. The summed E-state index contributed by atoms with van der Waals surface area (Å²) in [5.41, 5.74) is 4.21. The third-order valence-corrected chi connectivity index (χ3v) is 3.47. The second kappa shape index (κ2) is 9.03. The first-order chi connectivity index (χ1) is 12.8. The van der Waals surface area contributed by atoms with E-state index in [2.05, 4.69) is 15.8 Å². The SMILES string of the molecule is O=C(CNc1ccccc1)N/N=C\c1cccc(Oc2ccccc2)c1. The van der Waals surface area contributed by atoms with Gasteiger partial charge in [0, 0.05) is 5.69 Å². The monoisotopic (exact) mass is 345 g/mol. The van der Waals surface area contributed by atoms with Crippen LogP contribution in [0.3, 0.4) is 0 Å². The lowest BCUT2D eigenvalue weighted by Gasteiger charge is -2.06. The molecule has 0 aromatic heterocycles. The third-order valence-electron chi connectivity index (χ3n) is 3.47. The number of carbonyl (C=O) groups is 1. The van der Waals surface area contributed by atoms with E-state index in [0.717, 1.165) is 17.0 Å². The van der Waals surface area contributed by atoms with Crippen molar-refractivity contribution in [3.8, 4) is 11.5 Å². The van der Waals surface area contributed by atoms with E-state index >= 15 is 0 Å². The van der Waals surface area contributed by atoms with Crippen LogP contribution in [0.25, 0.3) is 0 Å². The van der Waals surface area contributed by atoms with Crippen LogP contribution in [-0.2, 0) is 4.79 Å². The van der Waals surface area contributed by atoms with Gasteiger partial charge in [-0.3, -0.25) is 4.79 Å². The summed E-state index contributed by atoms with van der Waals surface area (Å²) in [6, 6.07) is 26.6. The van der Waals surface area contributed by atoms with Crippen LogP contribution in [0.15, 0.2) is 90.0 Å². The standard InChI is InChI=1S/C21H19N3O2/c25-21(16-22-18-9-3-1-4-10-18)24-23-15-17-8-7-13-20(14-17)26-19-11-5-2-6-12-19/h1-15,22H,16H2,(H,24,25)/b23-15-. The van der Waals surface area contributed by atoms with Gasteiger partial charge in [-0.1, -0.05) is 48.5 Å². The Kier molecular flexibility index (Phi) is 5.99. The zero-order valence-corrected chi connectivity index (χ0v) is 14.1. The van der Waals surface area contributed by atoms with Crippen molar-refractivity contribution < 1.29 is 9.53 Å². The van der Waals surface area contributed by atoms with Crippen molar-refractivity contribution in [2.75, 3.05) is 11.9 Å². The molecule has 0 saturated heterocycles. The highest BCUT2D eigenvalue weighted by Crippen LogP contribution is 2.21. The molecule has 0 spiro atoms. The van der Waals surface area contributed by atoms with Crippen LogP contribution < -0.4 is 15.5 Å². The summed E-state index contributed by atoms with van der Waals surface area (Å²) < 4.78 is 5.77. The fourth-order valence-corrected chi connectivity index (χ4v) is 2.24. The topological polar surface area (TPSA) is 62.7 Å². The maximum atomic E-state index is 11.8. The highest BCUT2D eigenvalue weighted by molar-refractivity contribution is 5.84. The van der Waals surface area contributed by atoms with Gasteiger partial charge in [0.25, 0.3) is 5.91 Å². The normalized spacial score (nSPS) is 10.5. The van der Waals surface area contributed by atoms with Gasteiger partial charge in [0.1, 0.15) is 11.5 Å². The number of para-hydroxylation sites is 2. The average molecular weight is 345 g/mol. The first-order valence-electron chi connectivity index (χ1n) is 8.23. The number of amides is 1. The first kappa shape index (κ1) is 17.2. The minimum Gasteiger partial charge on any atom is -0.457 e. The predicted molar refractivity (Wildman–Crippen MR) is 104 cm³/mol. The van der Waals surface area contributed by atoms with Crippen LogP contribution >= 0.6 is 0 Å². The molecule has 0 atom stereocenters. The number of benzene rings is 3. The van der Waals surface area contributed by atoms with Gasteiger partial charge in [-0.05, 0) is 42.0 Å². The molecule has 5 nitrogen and oxygen atoms in total. The zero-order chi connectivity index (χ0) is 18.0. The Bertz CT molecular complexity index is 865. The molecule has 0 aliphatic heterocycles. The Labute approximate surface area is 152 Å². The zero-order valence-electron chi connectivity index (χ0n) is 14.1. The third kappa shape index (κ3) is 5.49. The van der Waals surface area contributed by atoms with Gasteiger partial charge in [0.05, 0.1) is 12.8 Å². The molecular formula is C21H19N3O2. The Morgan fingerprint density at radius 2 is 1.58 bits per heavy atom. The van der Waals surface area contributed by atoms with Crippen molar-refractivity contribution in [1.82, 2.24) is 5.43 Å². The molecule has 0 aliphatic carbocycles. The Balaban J connectivity index is 1.50. The largest absolute Gasteiger partial charge is 0.457 e. The second-order valence-corrected chi connectivity index (χ2v) is 5.50. The molecule has 3 aromatic carbocycles. The smallest absolute Gasteiger partial charge is 0.259 e. The number of carbonyl (C=O) groups excluding carboxylic acids is 1. The molecule has 0 heterocycles. The summed E-state index contributed by atoms with van der Waals surface area (Å²) in [5.74, 6) is 1.25. The van der Waals surface area contributed by atoms with Gasteiger partial charge in [0.2, 0.25) is 0 Å². The number of hydrazone groups is 1. The molecule has 3 aromatic rings. The molecule has 2 N–H and O–H groups in total. The molecule has 130 valence electrons. The van der Waals surface area contributed by atoms with E-state index in [9.17, 15) is 4.79 Å². The molecule has 0 aliphatic rings. The summed E-state index contributed by atoms with van der Waals surface area (Å²) in [6.07, 6.45) is 1.58. The molecule has 0 saturated carbocycles. The molecule has 1 amide bonds. The molecule has 26 heavy (non-hydrogen) atoms.